The number of amidine groups is 1. The summed E-state index contributed by atoms with van der Waals surface area (Å²) in [4.78, 5) is 18.9. The lowest BCUT2D eigenvalue weighted by Crippen LogP contribution is -2.23. The fraction of sp³-hybridized carbons (Fsp3) is 0. The van der Waals surface area contributed by atoms with Gasteiger partial charge in [0.15, 0.2) is 11.5 Å². The summed E-state index contributed by atoms with van der Waals surface area (Å²) in [5.74, 6) is -0.735. The van der Waals surface area contributed by atoms with Crippen molar-refractivity contribution in [1.29, 1.82) is 5.41 Å². The zero-order valence-corrected chi connectivity index (χ0v) is 9.42. The number of amides is 1. The highest BCUT2D eigenvalue weighted by Gasteiger charge is 2.14. The van der Waals surface area contributed by atoms with Gasteiger partial charge < -0.3 is 11.1 Å². The predicted octanol–water partition coefficient (Wildman–Crippen LogP) is 1.01. The first-order valence-corrected chi connectivity index (χ1v) is 5.20. The average molecular weight is 241 g/mol. The van der Waals surface area contributed by atoms with Crippen LogP contribution < -0.4 is 11.1 Å². The molecule has 1 heterocycles. The molecule has 0 fully saturated rings. The predicted molar refractivity (Wildman–Crippen MR) is 67.4 cm³/mol. The summed E-state index contributed by atoms with van der Waals surface area (Å²) >= 11 is 0. The average Bonchev–Trinajstić information content (AvgIpc) is 2.40. The Morgan fingerprint density at radius 3 is 2.33 bits per heavy atom. The van der Waals surface area contributed by atoms with Crippen molar-refractivity contribution in [2.75, 3.05) is 5.32 Å². The minimum atomic E-state index is -0.710. The zero-order chi connectivity index (χ0) is 13.0. The Labute approximate surface area is 103 Å². The van der Waals surface area contributed by atoms with Crippen LogP contribution in [-0.4, -0.2) is 21.7 Å². The molecule has 6 heteroatoms. The van der Waals surface area contributed by atoms with E-state index in [0.29, 0.717) is 0 Å². The van der Waals surface area contributed by atoms with Crippen LogP contribution in [0, 0.1) is 5.41 Å². The first-order chi connectivity index (χ1) is 8.68. The van der Waals surface area contributed by atoms with E-state index < -0.39 is 5.91 Å². The van der Waals surface area contributed by atoms with Gasteiger partial charge in [-0.1, -0.05) is 18.2 Å². The lowest BCUT2D eigenvalue weighted by atomic mass is 10.2. The Balaban J connectivity index is 2.27. The summed E-state index contributed by atoms with van der Waals surface area (Å²) in [5.41, 5.74) is 6.02. The van der Waals surface area contributed by atoms with E-state index in [9.17, 15) is 4.79 Å². The maximum Gasteiger partial charge on any atom is 0.269 e. The molecule has 1 amide bonds. The molecule has 18 heavy (non-hydrogen) atoms. The highest BCUT2D eigenvalue weighted by Crippen LogP contribution is 2.08. The molecular formula is C12H11N5O. The van der Waals surface area contributed by atoms with E-state index in [1.165, 1.54) is 12.4 Å². The van der Waals surface area contributed by atoms with Crippen LogP contribution in [0.4, 0.5) is 5.69 Å². The van der Waals surface area contributed by atoms with Crippen molar-refractivity contribution in [3.8, 4) is 0 Å². The largest absolute Gasteiger partial charge is 0.364 e. The van der Waals surface area contributed by atoms with Crippen LogP contribution in [0.3, 0.4) is 0 Å². The van der Waals surface area contributed by atoms with Gasteiger partial charge in [0.25, 0.3) is 5.91 Å². The van der Waals surface area contributed by atoms with Crippen molar-refractivity contribution in [2.24, 2.45) is 5.73 Å². The summed E-state index contributed by atoms with van der Waals surface area (Å²) in [7, 11) is 0. The number of benzene rings is 1. The molecule has 0 aliphatic heterocycles. The van der Waals surface area contributed by atoms with E-state index >= 15 is 0 Å². The van der Waals surface area contributed by atoms with Crippen LogP contribution in [0.1, 0.15) is 16.2 Å². The van der Waals surface area contributed by atoms with Crippen molar-refractivity contribution in [1.82, 2.24) is 9.97 Å². The van der Waals surface area contributed by atoms with Gasteiger partial charge in [0, 0.05) is 18.1 Å². The van der Waals surface area contributed by atoms with E-state index in [-0.39, 0.29) is 17.2 Å². The number of hydrogen-bond acceptors (Lipinski definition) is 4. The Bertz CT molecular complexity index is 582. The lowest BCUT2D eigenvalue weighted by molar-refractivity contribution is 0.0995. The molecule has 2 aromatic rings. The summed E-state index contributed by atoms with van der Waals surface area (Å²) in [6.07, 6.45) is 2.77. The number of carbonyl (C=O) groups excluding carboxylic acids is 1. The van der Waals surface area contributed by atoms with Crippen LogP contribution in [-0.2, 0) is 0 Å². The first kappa shape index (κ1) is 11.7. The molecule has 0 spiro atoms. The standard InChI is InChI=1S/C12H11N5O/c13-11(17-8-4-2-1-3-5-8)9-10(12(14)18)16-7-6-15-9/h1-7H,(H2,13,17)(H2,14,18). The fourth-order valence-electron chi connectivity index (χ4n) is 1.43. The summed E-state index contributed by atoms with van der Waals surface area (Å²) in [5, 5.41) is 10.7. The quantitative estimate of drug-likeness (QED) is 0.551. The number of hydrogen-bond donors (Lipinski definition) is 3. The highest BCUT2D eigenvalue weighted by molar-refractivity contribution is 6.10. The topological polar surface area (TPSA) is 105 Å². The SMILES string of the molecule is N=C(Nc1ccccc1)c1nccnc1C(N)=O. The van der Waals surface area contributed by atoms with E-state index in [0.717, 1.165) is 5.69 Å². The number of rotatable bonds is 3. The molecule has 0 saturated carbocycles. The van der Waals surface area contributed by atoms with Crippen LogP contribution in [0.25, 0.3) is 0 Å². The Kier molecular flexibility index (Phi) is 3.29. The molecule has 0 bridgehead atoms. The van der Waals surface area contributed by atoms with Gasteiger partial charge in [0.05, 0.1) is 0 Å². The second-order valence-electron chi connectivity index (χ2n) is 3.48. The van der Waals surface area contributed by atoms with Crippen molar-refractivity contribution in [3.63, 3.8) is 0 Å². The molecule has 1 aromatic carbocycles. The molecule has 0 radical (unpaired) electrons. The van der Waals surface area contributed by atoms with Gasteiger partial charge in [0.2, 0.25) is 0 Å². The number of primary amides is 1. The van der Waals surface area contributed by atoms with Crippen LogP contribution in [0.5, 0.6) is 0 Å². The molecule has 0 aliphatic rings. The maximum atomic E-state index is 11.2. The van der Waals surface area contributed by atoms with Crippen molar-refractivity contribution in [3.05, 3.63) is 54.1 Å². The monoisotopic (exact) mass is 241 g/mol. The Hall–Kier alpha value is -2.76. The first-order valence-electron chi connectivity index (χ1n) is 5.20. The number of carbonyl (C=O) groups is 1. The van der Waals surface area contributed by atoms with Gasteiger partial charge in [-0.15, -0.1) is 0 Å². The van der Waals surface area contributed by atoms with Gasteiger partial charge in [-0.3, -0.25) is 10.2 Å². The number of nitrogens with one attached hydrogen (secondary N) is 2. The second-order valence-corrected chi connectivity index (χ2v) is 3.48. The third-order valence-corrected chi connectivity index (χ3v) is 2.21. The van der Waals surface area contributed by atoms with Gasteiger partial charge in [-0.05, 0) is 12.1 Å². The van der Waals surface area contributed by atoms with Gasteiger partial charge in [-0.2, -0.15) is 0 Å². The van der Waals surface area contributed by atoms with Crippen molar-refractivity contribution < 1.29 is 4.79 Å². The lowest BCUT2D eigenvalue weighted by Gasteiger charge is -2.08. The molecule has 2 rings (SSSR count). The second kappa shape index (κ2) is 5.05. The normalized spacial score (nSPS) is 9.78. The van der Waals surface area contributed by atoms with Crippen molar-refractivity contribution >= 4 is 17.4 Å². The van der Waals surface area contributed by atoms with Crippen LogP contribution in [0.15, 0.2) is 42.7 Å². The van der Waals surface area contributed by atoms with E-state index in [1.54, 1.807) is 12.1 Å². The smallest absolute Gasteiger partial charge is 0.269 e. The highest BCUT2D eigenvalue weighted by atomic mass is 16.1. The third kappa shape index (κ3) is 2.49. The number of nitrogens with two attached hydrogens (primary N) is 1. The van der Waals surface area contributed by atoms with Crippen LogP contribution >= 0.6 is 0 Å². The van der Waals surface area contributed by atoms with E-state index in [2.05, 4.69) is 15.3 Å². The zero-order valence-electron chi connectivity index (χ0n) is 9.42. The Morgan fingerprint density at radius 1 is 1.11 bits per heavy atom. The maximum absolute atomic E-state index is 11.2. The van der Waals surface area contributed by atoms with Crippen LogP contribution in [0.2, 0.25) is 0 Å². The van der Waals surface area contributed by atoms with Gasteiger partial charge in [-0.25, -0.2) is 9.97 Å². The molecule has 4 N–H and O–H groups in total. The molecule has 0 unspecified atom stereocenters. The minimum Gasteiger partial charge on any atom is -0.364 e. The summed E-state index contributed by atoms with van der Waals surface area (Å²) in [6, 6.07) is 9.14. The number of anilines is 1. The molecule has 6 nitrogen and oxygen atoms in total. The number of aromatic nitrogens is 2. The third-order valence-electron chi connectivity index (χ3n) is 2.21. The molecule has 90 valence electrons. The number of nitrogens with zero attached hydrogens (tertiary/aromatic N) is 2. The molecule has 0 aliphatic carbocycles. The number of para-hydroxylation sites is 1. The molecular weight excluding hydrogens is 230 g/mol. The van der Waals surface area contributed by atoms with Gasteiger partial charge in [0.1, 0.15) is 5.69 Å². The molecule has 0 atom stereocenters. The molecule has 0 saturated heterocycles. The van der Waals surface area contributed by atoms with Gasteiger partial charge >= 0.3 is 0 Å². The van der Waals surface area contributed by atoms with E-state index in [1.807, 2.05) is 18.2 Å². The minimum absolute atomic E-state index is 0.0223. The fourth-order valence-corrected chi connectivity index (χ4v) is 1.43. The van der Waals surface area contributed by atoms with E-state index in [4.69, 9.17) is 11.1 Å². The summed E-state index contributed by atoms with van der Waals surface area (Å²) in [6.45, 7) is 0. The molecule has 1 aromatic heterocycles. The van der Waals surface area contributed by atoms with Crippen molar-refractivity contribution in [2.45, 2.75) is 0 Å². The summed E-state index contributed by atoms with van der Waals surface area (Å²) < 4.78 is 0. The Morgan fingerprint density at radius 2 is 1.72 bits per heavy atom.